The van der Waals surface area contributed by atoms with E-state index in [1.165, 1.54) is 10.9 Å². The van der Waals surface area contributed by atoms with Gasteiger partial charge in [-0.1, -0.05) is 24.3 Å². The number of nitrogen functional groups attached to an aromatic ring is 1. The van der Waals surface area contributed by atoms with E-state index in [9.17, 15) is 8.42 Å². The molecule has 2 rings (SSSR count). The van der Waals surface area contributed by atoms with E-state index in [0.29, 0.717) is 0 Å². The highest BCUT2D eigenvalue weighted by molar-refractivity contribution is 7.89. The lowest BCUT2D eigenvalue weighted by Crippen LogP contribution is -2.26. The molecule has 102 valence electrons. The van der Waals surface area contributed by atoms with Crippen LogP contribution in [0.1, 0.15) is 11.1 Å². The summed E-state index contributed by atoms with van der Waals surface area (Å²) in [5.41, 5.74) is 7.53. The van der Waals surface area contributed by atoms with Crippen LogP contribution in [0.25, 0.3) is 0 Å². The number of nitrogens with zero attached hydrogens (tertiary/aromatic N) is 2. The van der Waals surface area contributed by atoms with Gasteiger partial charge in [0.2, 0.25) is 0 Å². The van der Waals surface area contributed by atoms with Crippen LogP contribution >= 0.6 is 0 Å². The Hall–Kier alpha value is -1.86. The molecule has 0 amide bonds. The van der Waals surface area contributed by atoms with Crippen molar-refractivity contribution in [3.05, 3.63) is 41.7 Å². The third-order valence-corrected chi connectivity index (χ3v) is 4.41. The second-order valence-electron chi connectivity index (χ2n) is 4.30. The highest BCUT2D eigenvalue weighted by Gasteiger charge is 2.22. The molecule has 0 bridgehead atoms. The molecule has 0 aliphatic carbocycles. The van der Waals surface area contributed by atoms with Gasteiger partial charge in [-0.25, -0.2) is 18.1 Å². The van der Waals surface area contributed by atoms with E-state index in [2.05, 4.69) is 9.71 Å². The summed E-state index contributed by atoms with van der Waals surface area (Å²) in [5, 5.41) is -0.0129. The maximum absolute atomic E-state index is 12.2. The molecule has 0 saturated carbocycles. The van der Waals surface area contributed by atoms with Gasteiger partial charge in [-0.3, -0.25) is 0 Å². The number of imidazole rings is 1. The van der Waals surface area contributed by atoms with Gasteiger partial charge >= 0.3 is 0 Å². The maximum atomic E-state index is 12.2. The number of aryl methyl sites for hydroxylation is 2. The van der Waals surface area contributed by atoms with Crippen molar-refractivity contribution in [1.29, 1.82) is 0 Å². The number of aromatic nitrogens is 2. The van der Waals surface area contributed by atoms with Gasteiger partial charge in [0.25, 0.3) is 10.0 Å². The summed E-state index contributed by atoms with van der Waals surface area (Å²) < 4.78 is 28.3. The van der Waals surface area contributed by atoms with Crippen LogP contribution < -0.4 is 10.5 Å². The first-order valence-corrected chi connectivity index (χ1v) is 7.21. The van der Waals surface area contributed by atoms with E-state index in [0.717, 1.165) is 11.1 Å². The number of hydrogen-bond donors (Lipinski definition) is 2. The van der Waals surface area contributed by atoms with Crippen molar-refractivity contribution in [3.8, 4) is 0 Å². The first-order chi connectivity index (χ1) is 8.92. The van der Waals surface area contributed by atoms with Crippen molar-refractivity contribution in [3.63, 3.8) is 0 Å². The van der Waals surface area contributed by atoms with Gasteiger partial charge in [-0.2, -0.15) is 0 Å². The molecular formula is C12H16N4O2S. The average molecular weight is 280 g/mol. The zero-order valence-electron chi connectivity index (χ0n) is 10.8. The topological polar surface area (TPSA) is 90.0 Å². The molecule has 0 aliphatic rings. The molecule has 0 atom stereocenters. The van der Waals surface area contributed by atoms with Gasteiger partial charge in [0.05, 0.1) is 6.33 Å². The van der Waals surface area contributed by atoms with Crippen molar-refractivity contribution in [2.24, 2.45) is 7.05 Å². The van der Waals surface area contributed by atoms with Gasteiger partial charge in [-0.05, 0) is 18.1 Å². The number of rotatable bonds is 4. The number of benzene rings is 1. The standard InChI is InChI=1S/C12H16N4O2S/c1-9-5-3-4-6-10(9)7-15-19(17,18)12-11(13)14-8-16(12)2/h3-6,8,15H,7,13H2,1-2H3. The molecule has 0 aliphatic heterocycles. The number of nitrogens with two attached hydrogens (primary N) is 1. The Morgan fingerprint density at radius 2 is 2.05 bits per heavy atom. The van der Waals surface area contributed by atoms with Crippen LogP contribution in [-0.4, -0.2) is 18.0 Å². The summed E-state index contributed by atoms with van der Waals surface area (Å²) in [6.07, 6.45) is 1.37. The Labute approximate surface area is 112 Å². The van der Waals surface area contributed by atoms with Crippen LogP contribution in [0, 0.1) is 6.92 Å². The normalized spacial score (nSPS) is 11.7. The van der Waals surface area contributed by atoms with E-state index < -0.39 is 10.0 Å². The van der Waals surface area contributed by atoms with Crippen LogP contribution in [0.4, 0.5) is 5.82 Å². The van der Waals surface area contributed by atoms with Crippen molar-refractivity contribution in [2.75, 3.05) is 5.73 Å². The molecule has 6 nitrogen and oxygen atoms in total. The minimum atomic E-state index is -3.67. The first-order valence-electron chi connectivity index (χ1n) is 5.73. The molecule has 19 heavy (non-hydrogen) atoms. The van der Waals surface area contributed by atoms with E-state index in [1.54, 1.807) is 7.05 Å². The molecule has 0 saturated heterocycles. The van der Waals surface area contributed by atoms with Gasteiger partial charge in [0.15, 0.2) is 10.8 Å². The van der Waals surface area contributed by atoms with Crippen molar-refractivity contribution < 1.29 is 8.42 Å². The molecule has 0 unspecified atom stereocenters. The quantitative estimate of drug-likeness (QED) is 0.866. The summed E-state index contributed by atoms with van der Waals surface area (Å²) in [6, 6.07) is 7.59. The summed E-state index contributed by atoms with van der Waals surface area (Å²) in [6.45, 7) is 2.15. The molecule has 0 fully saturated rings. The monoisotopic (exact) mass is 280 g/mol. The molecular weight excluding hydrogens is 264 g/mol. The van der Waals surface area contributed by atoms with E-state index in [-0.39, 0.29) is 17.4 Å². The summed E-state index contributed by atoms with van der Waals surface area (Å²) in [5.74, 6) is -0.000200. The Balaban J connectivity index is 2.22. The fraction of sp³-hybridized carbons (Fsp3) is 0.250. The summed E-state index contributed by atoms with van der Waals surface area (Å²) >= 11 is 0. The predicted molar refractivity (Wildman–Crippen MR) is 72.8 cm³/mol. The molecule has 7 heteroatoms. The number of nitrogens with one attached hydrogen (secondary N) is 1. The lowest BCUT2D eigenvalue weighted by molar-refractivity contribution is 0.571. The fourth-order valence-electron chi connectivity index (χ4n) is 1.81. The second kappa shape index (κ2) is 5.02. The fourth-order valence-corrected chi connectivity index (χ4v) is 3.05. The lowest BCUT2D eigenvalue weighted by Gasteiger charge is -2.09. The minimum absolute atomic E-state index is 0.000200. The second-order valence-corrected chi connectivity index (χ2v) is 5.98. The van der Waals surface area contributed by atoms with Crippen molar-refractivity contribution in [2.45, 2.75) is 18.5 Å². The SMILES string of the molecule is Cc1ccccc1CNS(=O)(=O)c1c(N)ncn1C. The molecule has 1 heterocycles. The van der Waals surface area contributed by atoms with Crippen LogP contribution in [0.2, 0.25) is 0 Å². The minimum Gasteiger partial charge on any atom is -0.381 e. The summed E-state index contributed by atoms with van der Waals surface area (Å²) in [4.78, 5) is 3.78. The smallest absolute Gasteiger partial charge is 0.260 e. The zero-order valence-corrected chi connectivity index (χ0v) is 11.6. The Morgan fingerprint density at radius 3 is 2.63 bits per heavy atom. The molecule has 1 aromatic heterocycles. The van der Waals surface area contributed by atoms with Crippen LogP contribution in [0.15, 0.2) is 35.6 Å². The number of anilines is 1. The van der Waals surface area contributed by atoms with Gasteiger partial charge in [0.1, 0.15) is 0 Å². The van der Waals surface area contributed by atoms with Gasteiger partial charge in [0, 0.05) is 13.6 Å². The molecule has 1 aromatic carbocycles. The third-order valence-electron chi connectivity index (χ3n) is 2.88. The van der Waals surface area contributed by atoms with Crippen LogP contribution in [0.5, 0.6) is 0 Å². The Morgan fingerprint density at radius 1 is 1.37 bits per heavy atom. The predicted octanol–water partition coefficient (Wildman–Crippen LogP) is 0.789. The molecule has 3 N–H and O–H groups in total. The summed E-state index contributed by atoms with van der Waals surface area (Å²) in [7, 11) is -2.08. The highest BCUT2D eigenvalue weighted by atomic mass is 32.2. The number of hydrogen-bond acceptors (Lipinski definition) is 4. The largest absolute Gasteiger partial charge is 0.381 e. The lowest BCUT2D eigenvalue weighted by atomic mass is 10.1. The van der Waals surface area contributed by atoms with Gasteiger partial charge < -0.3 is 10.3 Å². The first kappa shape index (κ1) is 13.6. The van der Waals surface area contributed by atoms with Gasteiger partial charge in [-0.15, -0.1) is 0 Å². The van der Waals surface area contributed by atoms with Crippen molar-refractivity contribution in [1.82, 2.24) is 14.3 Å². The van der Waals surface area contributed by atoms with Crippen molar-refractivity contribution >= 4 is 15.8 Å². The van der Waals surface area contributed by atoms with Crippen LogP contribution in [0.3, 0.4) is 0 Å². The third kappa shape index (κ3) is 2.77. The highest BCUT2D eigenvalue weighted by Crippen LogP contribution is 2.16. The molecule has 2 aromatic rings. The molecule has 0 spiro atoms. The van der Waals surface area contributed by atoms with Crippen LogP contribution in [-0.2, 0) is 23.6 Å². The van der Waals surface area contributed by atoms with E-state index in [1.807, 2.05) is 31.2 Å². The average Bonchev–Trinajstić information content (AvgIpc) is 2.69. The zero-order chi connectivity index (χ0) is 14.0. The number of sulfonamides is 1. The van der Waals surface area contributed by atoms with E-state index in [4.69, 9.17) is 5.73 Å². The maximum Gasteiger partial charge on any atom is 0.260 e. The Bertz CT molecular complexity index is 672. The molecule has 0 radical (unpaired) electrons. The Kier molecular flexibility index (Phi) is 3.59. The van der Waals surface area contributed by atoms with E-state index >= 15 is 0 Å².